The molecule has 2 aromatic carbocycles. The highest BCUT2D eigenvalue weighted by molar-refractivity contribution is 6.36. The Morgan fingerprint density at radius 3 is 2.07 bits per heavy atom. The van der Waals surface area contributed by atoms with Crippen LogP contribution in [0.4, 0.5) is 4.39 Å². The summed E-state index contributed by atoms with van der Waals surface area (Å²) >= 11 is 18.6. The summed E-state index contributed by atoms with van der Waals surface area (Å²) in [6.07, 6.45) is 0.0775. The van der Waals surface area contributed by atoms with Crippen molar-refractivity contribution in [2.75, 3.05) is 6.54 Å². The number of nitrogens with one attached hydrogen (secondary N) is 1. The third kappa shape index (κ3) is 5.84. The molecule has 4 nitrogen and oxygen atoms in total. The minimum Gasteiger partial charge on any atom is -0.355 e. The number of carbonyl (C=O) groups excluding carboxylic acids is 2. The van der Waals surface area contributed by atoms with E-state index < -0.39 is 17.8 Å². The van der Waals surface area contributed by atoms with Crippen molar-refractivity contribution in [3.63, 3.8) is 0 Å². The van der Waals surface area contributed by atoms with Crippen molar-refractivity contribution in [1.82, 2.24) is 10.2 Å². The minimum absolute atomic E-state index is 0.0129. The average molecular weight is 460 g/mol. The van der Waals surface area contributed by atoms with Gasteiger partial charge in [-0.25, -0.2) is 4.39 Å². The van der Waals surface area contributed by atoms with E-state index in [-0.39, 0.29) is 29.5 Å². The summed E-state index contributed by atoms with van der Waals surface area (Å²) < 4.78 is 14.2. The number of halogens is 4. The molecule has 1 N–H and O–H groups in total. The third-order valence-corrected chi connectivity index (χ3v) is 5.58. The summed E-state index contributed by atoms with van der Waals surface area (Å²) in [5.41, 5.74) is 0.603. The highest BCUT2D eigenvalue weighted by atomic mass is 35.5. The van der Waals surface area contributed by atoms with Crippen LogP contribution < -0.4 is 5.32 Å². The van der Waals surface area contributed by atoms with Crippen LogP contribution in [0.5, 0.6) is 0 Å². The molecule has 8 heteroatoms. The standard InChI is InChI=1S/C21H22Cl3FN2O2/c1-3-19(21(29)26-4-2)27(12-14-16(23)7-5-8-17(14)24)20(28)11-13-15(22)9-6-10-18(13)25/h5-10,19H,3-4,11-12H2,1-2H3,(H,26,29)/t19-/m0/s1. The molecule has 1 atom stereocenters. The molecule has 0 fully saturated rings. The zero-order valence-corrected chi connectivity index (χ0v) is 18.4. The van der Waals surface area contributed by atoms with Gasteiger partial charge in [0.2, 0.25) is 11.8 Å². The van der Waals surface area contributed by atoms with E-state index >= 15 is 0 Å². The lowest BCUT2D eigenvalue weighted by Gasteiger charge is -2.31. The van der Waals surface area contributed by atoms with Gasteiger partial charge in [0, 0.05) is 39.3 Å². The van der Waals surface area contributed by atoms with Crippen LogP contribution in [-0.4, -0.2) is 29.3 Å². The number of likely N-dealkylation sites (N-methyl/N-ethyl adjacent to an activating group) is 1. The second-order valence-electron chi connectivity index (χ2n) is 6.42. The lowest BCUT2D eigenvalue weighted by Crippen LogP contribution is -2.49. The maximum atomic E-state index is 14.2. The van der Waals surface area contributed by atoms with E-state index in [9.17, 15) is 14.0 Å². The highest BCUT2D eigenvalue weighted by Gasteiger charge is 2.30. The molecule has 0 saturated carbocycles. The third-order valence-electron chi connectivity index (χ3n) is 4.52. The molecule has 0 aliphatic carbocycles. The summed E-state index contributed by atoms with van der Waals surface area (Å²) in [7, 11) is 0. The summed E-state index contributed by atoms with van der Waals surface area (Å²) in [4.78, 5) is 27.2. The number of hydrogen-bond donors (Lipinski definition) is 1. The minimum atomic E-state index is -0.764. The molecule has 0 unspecified atom stereocenters. The van der Waals surface area contributed by atoms with Crippen molar-refractivity contribution in [3.8, 4) is 0 Å². The van der Waals surface area contributed by atoms with E-state index in [1.165, 1.54) is 23.1 Å². The average Bonchev–Trinajstić information content (AvgIpc) is 2.67. The molecule has 29 heavy (non-hydrogen) atoms. The van der Waals surface area contributed by atoms with Gasteiger partial charge < -0.3 is 10.2 Å². The van der Waals surface area contributed by atoms with Gasteiger partial charge in [0.1, 0.15) is 11.9 Å². The Kier molecular flexibility index (Phi) is 8.75. The lowest BCUT2D eigenvalue weighted by atomic mass is 10.1. The summed E-state index contributed by atoms with van der Waals surface area (Å²) in [5.74, 6) is -1.33. The molecule has 0 saturated heterocycles. The quantitative estimate of drug-likeness (QED) is 0.584. The second-order valence-corrected chi connectivity index (χ2v) is 7.64. The Bertz CT molecular complexity index is 852. The van der Waals surface area contributed by atoms with Crippen molar-refractivity contribution < 1.29 is 14.0 Å². The molecule has 2 aromatic rings. The fraction of sp³-hybridized carbons (Fsp3) is 0.333. The maximum Gasteiger partial charge on any atom is 0.242 e. The molecule has 156 valence electrons. The van der Waals surface area contributed by atoms with E-state index in [0.717, 1.165) is 0 Å². The van der Waals surface area contributed by atoms with Crippen molar-refractivity contribution in [2.24, 2.45) is 0 Å². The van der Waals surface area contributed by atoms with Gasteiger partial charge in [-0.1, -0.05) is 53.9 Å². The largest absolute Gasteiger partial charge is 0.355 e. The van der Waals surface area contributed by atoms with Crippen molar-refractivity contribution in [1.29, 1.82) is 0 Å². The summed E-state index contributed by atoms with van der Waals surface area (Å²) in [6.45, 7) is 4.02. The fourth-order valence-corrected chi connectivity index (χ4v) is 3.77. The Labute approximate surface area is 184 Å². The molecule has 2 amide bonds. The van der Waals surface area contributed by atoms with Gasteiger partial charge in [-0.05, 0) is 37.6 Å². The van der Waals surface area contributed by atoms with Crippen molar-refractivity contribution in [3.05, 3.63) is 68.4 Å². The molecule has 0 spiro atoms. The Morgan fingerprint density at radius 1 is 1.00 bits per heavy atom. The molecular formula is C21H22Cl3FN2O2. The van der Waals surface area contributed by atoms with E-state index in [2.05, 4.69) is 5.32 Å². The maximum absolute atomic E-state index is 14.2. The zero-order valence-electron chi connectivity index (χ0n) is 16.1. The predicted octanol–water partition coefficient (Wildman–Crippen LogP) is 5.27. The number of carbonyl (C=O) groups is 2. The summed E-state index contributed by atoms with van der Waals surface area (Å²) in [5, 5.41) is 3.65. The van der Waals surface area contributed by atoms with Crippen LogP contribution in [0, 0.1) is 5.82 Å². The first-order valence-electron chi connectivity index (χ1n) is 9.23. The van der Waals surface area contributed by atoms with Gasteiger partial charge in [-0.2, -0.15) is 0 Å². The van der Waals surface area contributed by atoms with Crippen molar-refractivity contribution in [2.45, 2.75) is 39.3 Å². The number of rotatable bonds is 8. The van der Waals surface area contributed by atoms with Crippen LogP contribution in [0.15, 0.2) is 36.4 Å². The Hall–Kier alpha value is -1.82. The SMILES string of the molecule is CCNC(=O)[C@H](CC)N(Cc1c(Cl)cccc1Cl)C(=O)Cc1c(F)cccc1Cl. The molecule has 0 aliphatic heterocycles. The molecule has 0 aromatic heterocycles. The predicted molar refractivity (Wildman–Crippen MR) is 115 cm³/mol. The van der Waals surface area contributed by atoms with Gasteiger partial charge in [0.05, 0.1) is 6.42 Å². The van der Waals surface area contributed by atoms with Gasteiger partial charge in [0.15, 0.2) is 0 Å². The van der Waals surface area contributed by atoms with Crippen LogP contribution in [0.3, 0.4) is 0 Å². The molecule has 0 radical (unpaired) electrons. The first kappa shape index (κ1) is 23.5. The molecule has 0 bridgehead atoms. The van der Waals surface area contributed by atoms with Crippen molar-refractivity contribution >= 4 is 46.6 Å². The molecule has 2 rings (SSSR count). The molecule has 0 aliphatic rings. The second kappa shape index (κ2) is 10.8. The first-order valence-corrected chi connectivity index (χ1v) is 10.4. The monoisotopic (exact) mass is 458 g/mol. The zero-order chi connectivity index (χ0) is 21.6. The number of amides is 2. The van der Waals surface area contributed by atoms with Crippen LogP contribution in [0.25, 0.3) is 0 Å². The van der Waals surface area contributed by atoms with E-state index in [1.807, 2.05) is 0 Å². The van der Waals surface area contributed by atoms with Gasteiger partial charge in [-0.3, -0.25) is 9.59 Å². The Morgan fingerprint density at radius 2 is 1.55 bits per heavy atom. The normalized spacial score (nSPS) is 11.8. The molecular weight excluding hydrogens is 438 g/mol. The van der Waals surface area contributed by atoms with Crippen LogP contribution in [-0.2, 0) is 22.6 Å². The molecule has 0 heterocycles. The summed E-state index contributed by atoms with van der Waals surface area (Å²) in [6, 6.07) is 8.48. The number of hydrogen-bond acceptors (Lipinski definition) is 2. The van der Waals surface area contributed by atoms with Gasteiger partial charge >= 0.3 is 0 Å². The van der Waals surface area contributed by atoms with Gasteiger partial charge in [-0.15, -0.1) is 0 Å². The smallest absolute Gasteiger partial charge is 0.242 e. The van der Waals surface area contributed by atoms with E-state index in [4.69, 9.17) is 34.8 Å². The van der Waals surface area contributed by atoms with Gasteiger partial charge in [0.25, 0.3) is 0 Å². The number of nitrogens with zero attached hydrogens (tertiary/aromatic N) is 1. The lowest BCUT2D eigenvalue weighted by molar-refractivity contribution is -0.140. The van der Waals surface area contributed by atoms with E-state index in [0.29, 0.717) is 28.6 Å². The first-order chi connectivity index (χ1) is 13.8. The highest BCUT2D eigenvalue weighted by Crippen LogP contribution is 2.28. The van der Waals surface area contributed by atoms with E-state index in [1.54, 1.807) is 32.0 Å². The Balaban J connectivity index is 2.42. The number of benzene rings is 2. The van der Waals surface area contributed by atoms with Crippen LogP contribution >= 0.6 is 34.8 Å². The topological polar surface area (TPSA) is 49.4 Å². The van der Waals surface area contributed by atoms with Crippen LogP contribution in [0.1, 0.15) is 31.4 Å². The fourth-order valence-electron chi connectivity index (χ4n) is 3.02. The van der Waals surface area contributed by atoms with Crippen LogP contribution in [0.2, 0.25) is 15.1 Å².